The van der Waals surface area contributed by atoms with Crippen molar-refractivity contribution in [2.45, 2.75) is 19.3 Å². The molecule has 0 saturated heterocycles. The molecule has 0 saturated carbocycles. The number of rotatable bonds is 4. The van der Waals surface area contributed by atoms with Gasteiger partial charge in [0.25, 0.3) is 0 Å². The van der Waals surface area contributed by atoms with Crippen molar-refractivity contribution in [3.63, 3.8) is 0 Å². The number of hydrogen-bond acceptors (Lipinski definition) is 3. The molecule has 0 fully saturated rings. The molecule has 0 bridgehead atoms. The SMILES string of the molecule is COc1c(CN)cnn1Cc1cccc(C(F)(F)F)c1. The van der Waals surface area contributed by atoms with Crippen molar-refractivity contribution in [3.05, 3.63) is 47.2 Å². The van der Waals surface area contributed by atoms with Gasteiger partial charge in [0.2, 0.25) is 5.88 Å². The smallest absolute Gasteiger partial charge is 0.416 e. The number of hydrogen-bond donors (Lipinski definition) is 1. The maximum atomic E-state index is 12.6. The fraction of sp³-hybridized carbons (Fsp3) is 0.308. The van der Waals surface area contributed by atoms with Crippen LogP contribution in [0.4, 0.5) is 13.2 Å². The standard InChI is InChI=1S/C13H14F3N3O/c1-20-12-10(6-17)7-18-19(12)8-9-3-2-4-11(5-9)13(14,15)16/h2-5,7H,6,8,17H2,1H3. The van der Waals surface area contributed by atoms with Gasteiger partial charge in [-0.1, -0.05) is 12.1 Å². The molecule has 0 aliphatic heterocycles. The second-order valence-corrected chi connectivity index (χ2v) is 4.24. The molecule has 2 aromatic rings. The molecule has 20 heavy (non-hydrogen) atoms. The van der Waals surface area contributed by atoms with E-state index in [1.807, 2.05) is 0 Å². The number of halogens is 3. The summed E-state index contributed by atoms with van der Waals surface area (Å²) in [6.45, 7) is 0.443. The first kappa shape index (κ1) is 14.4. The molecule has 0 atom stereocenters. The average molecular weight is 285 g/mol. The second-order valence-electron chi connectivity index (χ2n) is 4.24. The van der Waals surface area contributed by atoms with Gasteiger partial charge in [-0.15, -0.1) is 0 Å². The zero-order chi connectivity index (χ0) is 14.8. The molecule has 2 rings (SSSR count). The molecule has 0 aliphatic rings. The highest BCUT2D eigenvalue weighted by molar-refractivity contribution is 5.28. The normalized spacial score (nSPS) is 11.7. The Labute approximate surface area is 114 Å². The van der Waals surface area contributed by atoms with E-state index in [4.69, 9.17) is 10.5 Å². The lowest BCUT2D eigenvalue weighted by Gasteiger charge is -2.10. The number of methoxy groups -OCH3 is 1. The Balaban J connectivity index is 2.29. The quantitative estimate of drug-likeness (QED) is 0.938. The fourth-order valence-electron chi connectivity index (χ4n) is 1.92. The molecule has 0 radical (unpaired) electrons. The summed E-state index contributed by atoms with van der Waals surface area (Å²) in [6, 6.07) is 5.12. The van der Waals surface area contributed by atoms with Crippen LogP contribution in [0.2, 0.25) is 0 Å². The summed E-state index contributed by atoms with van der Waals surface area (Å²) in [5.74, 6) is 0.463. The van der Waals surface area contributed by atoms with Crippen molar-refractivity contribution in [1.82, 2.24) is 9.78 Å². The molecular weight excluding hydrogens is 271 g/mol. The average Bonchev–Trinajstić information content (AvgIpc) is 2.80. The minimum Gasteiger partial charge on any atom is -0.481 e. The van der Waals surface area contributed by atoms with Gasteiger partial charge in [-0.2, -0.15) is 18.3 Å². The largest absolute Gasteiger partial charge is 0.481 e. The zero-order valence-electron chi connectivity index (χ0n) is 10.8. The predicted octanol–water partition coefficient (Wildman–Crippen LogP) is 2.42. The topological polar surface area (TPSA) is 53.1 Å². The highest BCUT2D eigenvalue weighted by Crippen LogP contribution is 2.30. The minimum atomic E-state index is -4.35. The van der Waals surface area contributed by atoms with Crippen LogP contribution in [0.25, 0.3) is 0 Å². The first-order valence-electron chi connectivity index (χ1n) is 5.90. The van der Waals surface area contributed by atoms with Crippen molar-refractivity contribution in [1.29, 1.82) is 0 Å². The highest BCUT2D eigenvalue weighted by atomic mass is 19.4. The van der Waals surface area contributed by atoms with E-state index in [0.717, 1.165) is 12.1 Å². The third-order valence-corrected chi connectivity index (χ3v) is 2.86. The van der Waals surface area contributed by atoms with E-state index in [2.05, 4.69) is 5.10 Å². The molecule has 108 valence electrons. The van der Waals surface area contributed by atoms with Crippen molar-refractivity contribution in [2.75, 3.05) is 7.11 Å². The van der Waals surface area contributed by atoms with Crippen LogP contribution in [0.5, 0.6) is 5.88 Å². The Bertz CT molecular complexity index is 593. The van der Waals surface area contributed by atoms with Crippen molar-refractivity contribution in [2.24, 2.45) is 5.73 Å². The maximum absolute atomic E-state index is 12.6. The van der Waals surface area contributed by atoms with Crippen LogP contribution in [0.1, 0.15) is 16.7 Å². The van der Waals surface area contributed by atoms with Gasteiger partial charge in [0, 0.05) is 12.1 Å². The third-order valence-electron chi connectivity index (χ3n) is 2.86. The van der Waals surface area contributed by atoms with Crippen molar-refractivity contribution in [3.8, 4) is 5.88 Å². The zero-order valence-corrected chi connectivity index (χ0v) is 10.8. The molecule has 1 aromatic heterocycles. The number of alkyl halides is 3. The summed E-state index contributed by atoms with van der Waals surface area (Å²) in [5, 5.41) is 4.08. The van der Waals surface area contributed by atoms with E-state index >= 15 is 0 Å². The lowest BCUT2D eigenvalue weighted by Crippen LogP contribution is -2.08. The summed E-state index contributed by atoms with van der Waals surface area (Å²) in [6.07, 6.45) is -2.81. The van der Waals surface area contributed by atoms with Crippen LogP contribution in [0, 0.1) is 0 Å². The number of ether oxygens (including phenoxy) is 1. The van der Waals surface area contributed by atoms with Crippen molar-refractivity contribution < 1.29 is 17.9 Å². The van der Waals surface area contributed by atoms with E-state index in [-0.39, 0.29) is 13.1 Å². The Kier molecular flexibility index (Phi) is 3.99. The molecule has 1 aromatic carbocycles. The van der Waals surface area contributed by atoms with Crippen LogP contribution in [-0.2, 0) is 19.3 Å². The summed E-state index contributed by atoms with van der Waals surface area (Å²) in [5.41, 5.74) is 6.05. The number of nitrogens with two attached hydrogens (primary N) is 1. The van der Waals surface area contributed by atoms with Gasteiger partial charge in [0.15, 0.2) is 0 Å². The van der Waals surface area contributed by atoms with Crippen LogP contribution in [0.15, 0.2) is 30.5 Å². The second kappa shape index (κ2) is 5.54. The molecule has 7 heteroatoms. The molecule has 0 amide bonds. The maximum Gasteiger partial charge on any atom is 0.416 e. The van der Waals surface area contributed by atoms with Gasteiger partial charge in [0.1, 0.15) is 0 Å². The third kappa shape index (κ3) is 2.93. The van der Waals surface area contributed by atoms with Gasteiger partial charge >= 0.3 is 6.18 Å². The molecule has 0 spiro atoms. The summed E-state index contributed by atoms with van der Waals surface area (Å²) < 4.78 is 44.6. The predicted molar refractivity (Wildman–Crippen MR) is 67.2 cm³/mol. The van der Waals surface area contributed by atoms with Gasteiger partial charge < -0.3 is 10.5 Å². The molecule has 0 aliphatic carbocycles. The van der Waals surface area contributed by atoms with Crippen LogP contribution >= 0.6 is 0 Å². The monoisotopic (exact) mass is 285 g/mol. The Morgan fingerprint density at radius 3 is 2.70 bits per heavy atom. The van der Waals surface area contributed by atoms with Gasteiger partial charge in [0.05, 0.1) is 25.4 Å². The molecule has 0 unspecified atom stereocenters. The van der Waals surface area contributed by atoms with Crippen LogP contribution in [0.3, 0.4) is 0 Å². The van der Waals surface area contributed by atoms with Gasteiger partial charge in [-0.25, -0.2) is 4.68 Å². The van der Waals surface area contributed by atoms with Crippen LogP contribution < -0.4 is 10.5 Å². The Morgan fingerprint density at radius 2 is 2.10 bits per heavy atom. The van der Waals surface area contributed by atoms with Crippen molar-refractivity contribution >= 4 is 0 Å². The van der Waals surface area contributed by atoms with E-state index < -0.39 is 11.7 Å². The minimum absolute atomic E-state index is 0.188. The van der Waals surface area contributed by atoms with Gasteiger partial charge in [-0.05, 0) is 17.7 Å². The van der Waals surface area contributed by atoms with E-state index in [9.17, 15) is 13.2 Å². The summed E-state index contributed by atoms with van der Waals surface area (Å²) >= 11 is 0. The fourth-order valence-corrected chi connectivity index (χ4v) is 1.92. The summed E-state index contributed by atoms with van der Waals surface area (Å²) in [4.78, 5) is 0. The first-order chi connectivity index (χ1) is 9.45. The Hall–Kier alpha value is -2.02. The lowest BCUT2D eigenvalue weighted by molar-refractivity contribution is -0.137. The number of aromatic nitrogens is 2. The number of nitrogens with zero attached hydrogens (tertiary/aromatic N) is 2. The molecule has 4 nitrogen and oxygen atoms in total. The Morgan fingerprint density at radius 1 is 1.35 bits per heavy atom. The molecule has 2 N–H and O–H groups in total. The lowest BCUT2D eigenvalue weighted by atomic mass is 10.1. The van der Waals surface area contributed by atoms with E-state index in [0.29, 0.717) is 17.0 Å². The van der Waals surface area contributed by atoms with Gasteiger partial charge in [-0.3, -0.25) is 0 Å². The van der Waals surface area contributed by atoms with E-state index in [1.165, 1.54) is 17.9 Å². The molecular formula is C13H14F3N3O. The van der Waals surface area contributed by atoms with E-state index in [1.54, 1.807) is 12.3 Å². The number of benzene rings is 1. The summed E-state index contributed by atoms with van der Waals surface area (Å²) in [7, 11) is 1.47. The van der Waals surface area contributed by atoms with Crippen LogP contribution in [-0.4, -0.2) is 16.9 Å². The highest BCUT2D eigenvalue weighted by Gasteiger charge is 2.30. The molecule has 1 heterocycles. The first-order valence-corrected chi connectivity index (χ1v) is 5.90.